The summed E-state index contributed by atoms with van der Waals surface area (Å²) in [6.07, 6.45) is 1.31. The Kier molecular flexibility index (Phi) is 5.65. The lowest BCUT2D eigenvalue weighted by Crippen LogP contribution is -2.43. The van der Waals surface area contributed by atoms with Crippen LogP contribution in [0.3, 0.4) is 0 Å². The zero-order valence-corrected chi connectivity index (χ0v) is 16.1. The van der Waals surface area contributed by atoms with Crippen LogP contribution in [-0.4, -0.2) is 31.7 Å². The summed E-state index contributed by atoms with van der Waals surface area (Å²) in [5.41, 5.74) is 1.24. The van der Waals surface area contributed by atoms with Gasteiger partial charge in [-0.3, -0.25) is 4.79 Å². The third-order valence-electron chi connectivity index (χ3n) is 4.63. The Morgan fingerprint density at radius 1 is 1.15 bits per heavy atom. The average molecular weight is 393 g/mol. The van der Waals surface area contributed by atoms with Crippen molar-refractivity contribution >= 4 is 33.2 Å². The summed E-state index contributed by atoms with van der Waals surface area (Å²) in [5.74, 6) is -0.530. The second kappa shape index (κ2) is 7.78. The van der Waals surface area contributed by atoms with Crippen molar-refractivity contribution in [1.29, 1.82) is 0 Å². The molecule has 0 radical (unpaired) electrons. The fourth-order valence-corrected chi connectivity index (χ4v) is 5.15. The number of nitrogens with zero attached hydrogens (tertiary/aromatic N) is 1. The van der Waals surface area contributed by atoms with Crippen LogP contribution in [0, 0.1) is 12.8 Å². The maximum atomic E-state index is 13.0. The molecular formula is C19H21ClN2O3S. The minimum atomic E-state index is -3.69. The molecule has 2 aromatic carbocycles. The second-order valence-corrected chi connectivity index (χ2v) is 8.73. The van der Waals surface area contributed by atoms with E-state index in [-0.39, 0.29) is 23.3 Å². The van der Waals surface area contributed by atoms with Crippen molar-refractivity contribution < 1.29 is 13.2 Å². The molecule has 5 nitrogen and oxygen atoms in total. The van der Waals surface area contributed by atoms with Gasteiger partial charge in [0.2, 0.25) is 15.9 Å². The molecule has 1 aliphatic heterocycles. The van der Waals surface area contributed by atoms with Gasteiger partial charge in [-0.25, -0.2) is 8.42 Å². The lowest BCUT2D eigenvalue weighted by atomic mass is 9.99. The van der Waals surface area contributed by atoms with Gasteiger partial charge in [0.1, 0.15) is 0 Å². The molecule has 1 fully saturated rings. The van der Waals surface area contributed by atoms with Gasteiger partial charge in [0.25, 0.3) is 0 Å². The van der Waals surface area contributed by atoms with Gasteiger partial charge in [-0.15, -0.1) is 0 Å². The first kappa shape index (κ1) is 18.9. The lowest BCUT2D eigenvalue weighted by Gasteiger charge is -2.31. The molecule has 0 aromatic heterocycles. The van der Waals surface area contributed by atoms with Crippen LogP contribution in [0.25, 0.3) is 0 Å². The Morgan fingerprint density at radius 2 is 1.88 bits per heavy atom. The third-order valence-corrected chi connectivity index (χ3v) is 7.05. The van der Waals surface area contributed by atoms with Crippen molar-refractivity contribution in [2.24, 2.45) is 5.92 Å². The molecule has 1 saturated heterocycles. The highest BCUT2D eigenvalue weighted by Crippen LogP contribution is 2.29. The number of rotatable bonds is 4. The number of carbonyl (C=O) groups is 1. The van der Waals surface area contributed by atoms with Gasteiger partial charge < -0.3 is 5.32 Å². The number of nitrogens with one attached hydrogen (secondary N) is 1. The summed E-state index contributed by atoms with van der Waals surface area (Å²) >= 11 is 6.08. The van der Waals surface area contributed by atoms with E-state index in [1.807, 2.05) is 30.3 Å². The largest absolute Gasteiger partial charge is 0.326 e. The molecule has 1 unspecified atom stereocenters. The van der Waals surface area contributed by atoms with Crippen molar-refractivity contribution in [1.82, 2.24) is 4.31 Å². The number of carbonyl (C=O) groups excluding carboxylic acids is 1. The van der Waals surface area contributed by atoms with E-state index in [1.54, 1.807) is 25.1 Å². The standard InChI is InChI=1S/C19H21ClN2O3S/c1-14-17(20)10-5-11-18(14)26(24,25)22-12-6-7-15(13-22)19(23)21-16-8-3-2-4-9-16/h2-5,8-11,15H,6-7,12-13H2,1H3,(H,21,23). The van der Waals surface area contributed by atoms with Crippen LogP contribution in [0.15, 0.2) is 53.4 Å². The first-order valence-electron chi connectivity index (χ1n) is 8.51. The number of benzene rings is 2. The molecule has 26 heavy (non-hydrogen) atoms. The molecule has 7 heteroatoms. The monoisotopic (exact) mass is 392 g/mol. The van der Waals surface area contributed by atoms with Crippen LogP contribution in [0.1, 0.15) is 18.4 Å². The van der Waals surface area contributed by atoms with Crippen LogP contribution in [0.5, 0.6) is 0 Å². The molecule has 0 bridgehead atoms. The summed E-state index contributed by atoms with van der Waals surface area (Å²) in [6.45, 7) is 2.27. The summed E-state index contributed by atoms with van der Waals surface area (Å²) in [6, 6.07) is 14.0. The highest BCUT2D eigenvalue weighted by atomic mass is 35.5. The highest BCUT2D eigenvalue weighted by Gasteiger charge is 2.34. The molecule has 2 aromatic rings. The van der Waals surface area contributed by atoms with Crippen LogP contribution >= 0.6 is 11.6 Å². The number of amides is 1. The van der Waals surface area contributed by atoms with E-state index >= 15 is 0 Å². The molecule has 1 amide bonds. The van der Waals surface area contributed by atoms with Gasteiger partial charge in [-0.2, -0.15) is 4.31 Å². The van der Waals surface area contributed by atoms with E-state index in [9.17, 15) is 13.2 Å². The highest BCUT2D eigenvalue weighted by molar-refractivity contribution is 7.89. The zero-order valence-electron chi connectivity index (χ0n) is 14.5. The fourth-order valence-electron chi connectivity index (χ4n) is 3.15. The van der Waals surface area contributed by atoms with E-state index in [0.29, 0.717) is 35.7 Å². The summed E-state index contributed by atoms with van der Waals surface area (Å²) < 4.78 is 27.4. The SMILES string of the molecule is Cc1c(Cl)cccc1S(=O)(=O)N1CCCC(C(=O)Nc2ccccc2)C1. The fraction of sp³-hybridized carbons (Fsp3) is 0.316. The predicted molar refractivity (Wildman–Crippen MR) is 103 cm³/mol. The minimum absolute atomic E-state index is 0.154. The Balaban J connectivity index is 1.77. The molecule has 138 valence electrons. The Morgan fingerprint density at radius 3 is 2.62 bits per heavy atom. The Hall–Kier alpha value is -1.89. The number of sulfonamides is 1. The molecule has 1 heterocycles. The van der Waals surface area contributed by atoms with Crippen LogP contribution in [0.4, 0.5) is 5.69 Å². The summed E-state index contributed by atoms with van der Waals surface area (Å²) in [7, 11) is -3.69. The van der Waals surface area contributed by atoms with Gasteiger partial charge in [-0.05, 0) is 49.6 Å². The number of para-hydroxylation sites is 1. The molecule has 1 aliphatic rings. The number of piperidine rings is 1. The average Bonchev–Trinajstić information content (AvgIpc) is 2.64. The van der Waals surface area contributed by atoms with Gasteiger partial charge in [-0.1, -0.05) is 35.9 Å². The molecule has 0 aliphatic carbocycles. The topological polar surface area (TPSA) is 66.5 Å². The number of halogens is 1. The Bertz CT molecular complexity index is 900. The smallest absolute Gasteiger partial charge is 0.243 e. The van der Waals surface area contributed by atoms with E-state index in [2.05, 4.69) is 5.32 Å². The predicted octanol–water partition coefficient (Wildman–Crippen LogP) is 3.69. The first-order chi connectivity index (χ1) is 12.4. The van der Waals surface area contributed by atoms with Crippen LogP contribution in [-0.2, 0) is 14.8 Å². The van der Waals surface area contributed by atoms with Gasteiger partial charge in [0.05, 0.1) is 10.8 Å². The number of hydrogen-bond donors (Lipinski definition) is 1. The molecule has 0 saturated carbocycles. The van der Waals surface area contributed by atoms with Crippen molar-refractivity contribution in [3.05, 3.63) is 59.1 Å². The zero-order chi connectivity index (χ0) is 18.7. The number of hydrogen-bond acceptors (Lipinski definition) is 3. The molecule has 1 N–H and O–H groups in total. The Labute approximate surface area is 159 Å². The molecule has 1 atom stereocenters. The van der Waals surface area contributed by atoms with Gasteiger partial charge in [0, 0.05) is 23.8 Å². The van der Waals surface area contributed by atoms with E-state index in [1.165, 1.54) is 4.31 Å². The second-order valence-electron chi connectivity index (χ2n) is 6.42. The van der Waals surface area contributed by atoms with Crippen molar-refractivity contribution in [3.8, 4) is 0 Å². The van der Waals surface area contributed by atoms with Gasteiger partial charge in [0.15, 0.2) is 0 Å². The van der Waals surface area contributed by atoms with Crippen LogP contribution in [0.2, 0.25) is 5.02 Å². The molecule has 3 rings (SSSR count). The quantitative estimate of drug-likeness (QED) is 0.862. The third kappa shape index (κ3) is 3.92. The van der Waals surface area contributed by atoms with Crippen molar-refractivity contribution in [2.75, 3.05) is 18.4 Å². The number of anilines is 1. The van der Waals surface area contributed by atoms with Crippen molar-refractivity contribution in [2.45, 2.75) is 24.7 Å². The van der Waals surface area contributed by atoms with E-state index in [0.717, 1.165) is 0 Å². The van der Waals surface area contributed by atoms with Crippen LogP contribution < -0.4 is 5.32 Å². The minimum Gasteiger partial charge on any atom is -0.326 e. The first-order valence-corrected chi connectivity index (χ1v) is 10.3. The lowest BCUT2D eigenvalue weighted by molar-refractivity contribution is -0.120. The maximum absolute atomic E-state index is 13.0. The van der Waals surface area contributed by atoms with E-state index in [4.69, 9.17) is 11.6 Å². The normalized spacial score (nSPS) is 18.5. The van der Waals surface area contributed by atoms with Gasteiger partial charge >= 0.3 is 0 Å². The van der Waals surface area contributed by atoms with E-state index < -0.39 is 10.0 Å². The molecule has 0 spiro atoms. The molecular weight excluding hydrogens is 372 g/mol. The maximum Gasteiger partial charge on any atom is 0.243 e. The summed E-state index contributed by atoms with van der Waals surface area (Å²) in [4.78, 5) is 12.7. The van der Waals surface area contributed by atoms with Crippen molar-refractivity contribution in [3.63, 3.8) is 0 Å². The summed E-state index contributed by atoms with van der Waals surface area (Å²) in [5, 5.41) is 3.28.